The molecule has 2 rings (SSSR count). The van der Waals surface area contributed by atoms with Gasteiger partial charge in [0.1, 0.15) is 11.4 Å². The topological polar surface area (TPSA) is 81.5 Å². The lowest BCUT2D eigenvalue weighted by Gasteiger charge is -2.13. The highest BCUT2D eigenvalue weighted by Crippen LogP contribution is 2.30. The smallest absolute Gasteiger partial charge is 0.296 e. The van der Waals surface area contributed by atoms with E-state index in [1.807, 2.05) is 6.92 Å². The van der Waals surface area contributed by atoms with Crippen molar-refractivity contribution < 1.29 is 14.5 Å². The molecule has 0 aromatic heterocycles. The number of ketones is 1. The van der Waals surface area contributed by atoms with Crippen molar-refractivity contribution >= 4 is 17.2 Å². The van der Waals surface area contributed by atoms with Crippen LogP contribution in [-0.4, -0.2) is 17.3 Å². The van der Waals surface area contributed by atoms with Crippen molar-refractivity contribution in [2.24, 2.45) is 0 Å². The number of nitro groups is 1. The summed E-state index contributed by atoms with van der Waals surface area (Å²) >= 11 is 0. The van der Waals surface area contributed by atoms with Crippen LogP contribution in [0.4, 0.5) is 11.4 Å². The van der Waals surface area contributed by atoms with Gasteiger partial charge in [0, 0.05) is 18.2 Å². The van der Waals surface area contributed by atoms with E-state index in [1.165, 1.54) is 6.07 Å². The van der Waals surface area contributed by atoms with Gasteiger partial charge in [-0.15, -0.1) is 0 Å². The zero-order chi connectivity index (χ0) is 15.2. The van der Waals surface area contributed by atoms with Crippen LogP contribution < -0.4 is 10.1 Å². The number of carbonyl (C=O) groups is 1. The molecule has 1 aromatic carbocycles. The molecule has 1 saturated carbocycles. The molecule has 112 valence electrons. The van der Waals surface area contributed by atoms with E-state index in [2.05, 4.69) is 5.32 Å². The molecular formula is C15H18N2O4. The van der Waals surface area contributed by atoms with Gasteiger partial charge in [-0.25, -0.2) is 0 Å². The normalized spacial score (nSPS) is 16.8. The lowest BCUT2D eigenvalue weighted by atomic mass is 9.94. The highest BCUT2D eigenvalue weighted by molar-refractivity contribution is 5.96. The minimum absolute atomic E-state index is 0.0685. The summed E-state index contributed by atoms with van der Waals surface area (Å²) in [6.45, 7) is 2.26. The summed E-state index contributed by atoms with van der Waals surface area (Å²) in [4.78, 5) is 22.4. The number of nitrogens with zero attached hydrogens (tertiary/aromatic N) is 1. The van der Waals surface area contributed by atoms with Crippen LogP contribution in [0.15, 0.2) is 30.0 Å². The Morgan fingerprint density at radius 1 is 1.38 bits per heavy atom. The molecule has 0 radical (unpaired) electrons. The third-order valence-electron chi connectivity index (χ3n) is 3.34. The predicted molar refractivity (Wildman–Crippen MR) is 79.4 cm³/mol. The second-order valence-electron chi connectivity index (χ2n) is 4.81. The molecule has 21 heavy (non-hydrogen) atoms. The number of nitrogens with one attached hydrogen (secondary N) is 1. The Labute approximate surface area is 122 Å². The molecule has 0 bridgehead atoms. The summed E-state index contributed by atoms with van der Waals surface area (Å²) in [6.07, 6.45) is 4.75. The van der Waals surface area contributed by atoms with Crippen LogP contribution in [-0.2, 0) is 4.79 Å². The quantitative estimate of drug-likeness (QED) is 0.510. The number of ether oxygens (including phenoxy) is 1. The number of anilines is 1. The van der Waals surface area contributed by atoms with Gasteiger partial charge in [0.25, 0.3) is 5.69 Å². The molecule has 1 fully saturated rings. The minimum atomic E-state index is -0.466. The van der Waals surface area contributed by atoms with Crippen molar-refractivity contribution in [3.63, 3.8) is 0 Å². The molecule has 0 amide bonds. The highest BCUT2D eigenvalue weighted by atomic mass is 16.6. The van der Waals surface area contributed by atoms with E-state index in [9.17, 15) is 14.9 Å². The molecule has 1 N–H and O–H groups in total. The Morgan fingerprint density at radius 3 is 2.81 bits per heavy atom. The van der Waals surface area contributed by atoms with Crippen molar-refractivity contribution in [3.05, 3.63) is 40.1 Å². The number of carbonyl (C=O) groups excluding carboxylic acids is 1. The van der Waals surface area contributed by atoms with Gasteiger partial charge < -0.3 is 10.1 Å². The fourth-order valence-electron chi connectivity index (χ4n) is 2.26. The third-order valence-corrected chi connectivity index (χ3v) is 3.34. The molecular weight excluding hydrogens is 272 g/mol. The first kappa shape index (κ1) is 15.0. The van der Waals surface area contributed by atoms with Crippen LogP contribution in [0.2, 0.25) is 0 Å². The van der Waals surface area contributed by atoms with E-state index in [4.69, 9.17) is 4.74 Å². The van der Waals surface area contributed by atoms with Crippen LogP contribution in [0.1, 0.15) is 32.6 Å². The van der Waals surface area contributed by atoms with Crippen molar-refractivity contribution in [1.82, 2.24) is 0 Å². The Kier molecular flexibility index (Phi) is 4.92. The van der Waals surface area contributed by atoms with Gasteiger partial charge in [0.05, 0.1) is 17.6 Å². The maximum absolute atomic E-state index is 11.7. The van der Waals surface area contributed by atoms with Crippen molar-refractivity contribution in [2.75, 3.05) is 11.9 Å². The van der Waals surface area contributed by atoms with Gasteiger partial charge in [-0.2, -0.15) is 0 Å². The maximum atomic E-state index is 11.7. The molecule has 6 heteroatoms. The fourth-order valence-corrected chi connectivity index (χ4v) is 2.26. The molecule has 1 aromatic rings. The van der Waals surface area contributed by atoms with E-state index < -0.39 is 4.92 Å². The summed E-state index contributed by atoms with van der Waals surface area (Å²) in [6, 6.07) is 4.64. The Morgan fingerprint density at radius 2 is 2.14 bits per heavy atom. The Bertz CT molecular complexity index is 581. The van der Waals surface area contributed by atoms with Crippen LogP contribution in [0, 0.1) is 10.1 Å². The van der Waals surface area contributed by atoms with Crippen LogP contribution >= 0.6 is 0 Å². The first-order valence-corrected chi connectivity index (χ1v) is 7.02. The van der Waals surface area contributed by atoms with Crippen molar-refractivity contribution in [1.29, 1.82) is 0 Å². The van der Waals surface area contributed by atoms with E-state index in [0.29, 0.717) is 30.0 Å². The predicted octanol–water partition coefficient (Wildman–Crippen LogP) is 3.43. The third kappa shape index (κ3) is 3.81. The SMILES string of the molecule is CCOc1ccc(N/C=C2\CCCCC2=O)c([N+](=O)[O-])c1. The van der Waals surface area contributed by atoms with Crippen LogP contribution in [0.3, 0.4) is 0 Å². The van der Waals surface area contributed by atoms with E-state index in [0.717, 1.165) is 19.3 Å². The second kappa shape index (κ2) is 6.88. The van der Waals surface area contributed by atoms with Gasteiger partial charge in [0.2, 0.25) is 0 Å². The summed E-state index contributed by atoms with van der Waals surface area (Å²) in [5.74, 6) is 0.568. The number of rotatable bonds is 5. The summed E-state index contributed by atoms with van der Waals surface area (Å²) in [5, 5.41) is 14.0. The van der Waals surface area contributed by atoms with Gasteiger partial charge in [0.15, 0.2) is 5.78 Å². The van der Waals surface area contributed by atoms with Crippen LogP contribution in [0.25, 0.3) is 0 Å². The van der Waals surface area contributed by atoms with E-state index >= 15 is 0 Å². The molecule has 0 saturated heterocycles. The number of allylic oxidation sites excluding steroid dienone is 1. The fraction of sp³-hybridized carbons (Fsp3) is 0.400. The molecule has 6 nitrogen and oxygen atoms in total. The van der Waals surface area contributed by atoms with Gasteiger partial charge >= 0.3 is 0 Å². The van der Waals surface area contributed by atoms with Crippen molar-refractivity contribution in [2.45, 2.75) is 32.6 Å². The average molecular weight is 290 g/mol. The molecule has 1 aliphatic rings. The second-order valence-corrected chi connectivity index (χ2v) is 4.81. The van der Waals surface area contributed by atoms with Gasteiger partial charge in [-0.05, 0) is 38.3 Å². The Hall–Kier alpha value is -2.37. The lowest BCUT2D eigenvalue weighted by molar-refractivity contribution is -0.384. The molecule has 0 unspecified atom stereocenters. The number of hydrogen-bond donors (Lipinski definition) is 1. The molecule has 0 spiro atoms. The minimum Gasteiger partial charge on any atom is -0.494 e. The molecule has 1 aliphatic carbocycles. The summed E-state index contributed by atoms with van der Waals surface area (Å²) < 4.78 is 5.26. The standard InChI is InChI=1S/C15H18N2O4/c1-2-21-12-7-8-13(14(9-12)17(19)20)16-10-11-5-3-4-6-15(11)18/h7-10,16H,2-6H2,1H3/b11-10+. The first-order chi connectivity index (χ1) is 10.1. The number of Topliss-reactive ketones (excluding diaryl/α,β-unsaturated/α-hetero) is 1. The molecule has 0 atom stereocenters. The van der Waals surface area contributed by atoms with Gasteiger partial charge in [-0.3, -0.25) is 14.9 Å². The number of benzene rings is 1. The number of hydrogen-bond acceptors (Lipinski definition) is 5. The molecule has 0 aliphatic heterocycles. The summed E-state index contributed by atoms with van der Waals surface area (Å²) in [5.41, 5.74) is 0.986. The first-order valence-electron chi connectivity index (χ1n) is 7.02. The Balaban J connectivity index is 2.20. The van der Waals surface area contributed by atoms with E-state index in [1.54, 1.807) is 18.3 Å². The maximum Gasteiger partial charge on any atom is 0.296 e. The number of nitro benzene ring substituents is 1. The average Bonchev–Trinajstić information content (AvgIpc) is 2.47. The summed E-state index contributed by atoms with van der Waals surface area (Å²) in [7, 11) is 0. The monoisotopic (exact) mass is 290 g/mol. The highest BCUT2D eigenvalue weighted by Gasteiger charge is 2.17. The molecule has 0 heterocycles. The van der Waals surface area contributed by atoms with Crippen LogP contribution in [0.5, 0.6) is 5.75 Å². The van der Waals surface area contributed by atoms with E-state index in [-0.39, 0.29) is 11.5 Å². The largest absolute Gasteiger partial charge is 0.494 e. The van der Waals surface area contributed by atoms with Crippen molar-refractivity contribution in [3.8, 4) is 5.75 Å². The van der Waals surface area contributed by atoms with Gasteiger partial charge in [-0.1, -0.05) is 0 Å². The lowest BCUT2D eigenvalue weighted by Crippen LogP contribution is -2.10. The zero-order valence-corrected chi connectivity index (χ0v) is 11.9. The zero-order valence-electron chi connectivity index (χ0n) is 11.9.